The molecule has 0 radical (unpaired) electrons. The third-order valence-corrected chi connectivity index (χ3v) is 3.85. The van der Waals surface area contributed by atoms with Gasteiger partial charge in [-0.1, -0.05) is 0 Å². The molecule has 1 heterocycles. The van der Waals surface area contributed by atoms with E-state index in [0.29, 0.717) is 0 Å². The standard InChI is InChI=1S/C8H11NO3S/c1-3-8(10)9-4-5-13(11,12)6-7(9)2/h1,7H,4-6H2,2H3. The monoisotopic (exact) mass is 201 g/mol. The molecule has 0 aromatic rings. The second-order valence-corrected chi connectivity index (χ2v) is 5.33. The Balaban J connectivity index is 2.76. The Kier molecular flexibility index (Phi) is 2.62. The van der Waals surface area contributed by atoms with Crippen molar-refractivity contribution in [1.29, 1.82) is 0 Å². The van der Waals surface area contributed by atoms with Crippen LogP contribution in [0, 0.1) is 12.3 Å². The number of amides is 1. The van der Waals surface area contributed by atoms with Crippen molar-refractivity contribution >= 4 is 15.7 Å². The van der Waals surface area contributed by atoms with Gasteiger partial charge in [-0.25, -0.2) is 8.42 Å². The average molecular weight is 201 g/mol. The summed E-state index contributed by atoms with van der Waals surface area (Å²) in [4.78, 5) is 12.5. The summed E-state index contributed by atoms with van der Waals surface area (Å²) in [6.07, 6.45) is 4.94. The third kappa shape index (κ3) is 2.22. The van der Waals surface area contributed by atoms with Crippen LogP contribution in [0.15, 0.2) is 0 Å². The summed E-state index contributed by atoms with van der Waals surface area (Å²) in [7, 11) is -2.97. The van der Waals surface area contributed by atoms with Crippen LogP contribution in [0.25, 0.3) is 0 Å². The number of nitrogens with zero attached hydrogens (tertiary/aromatic N) is 1. The van der Waals surface area contributed by atoms with Crippen molar-refractivity contribution in [3.63, 3.8) is 0 Å². The first-order valence-corrected chi connectivity index (χ1v) is 5.76. The Morgan fingerprint density at radius 3 is 2.69 bits per heavy atom. The number of hydrogen-bond acceptors (Lipinski definition) is 3. The molecule has 1 unspecified atom stereocenters. The fourth-order valence-electron chi connectivity index (χ4n) is 1.38. The minimum Gasteiger partial charge on any atom is -0.327 e. The average Bonchev–Trinajstić information content (AvgIpc) is 2.01. The van der Waals surface area contributed by atoms with Crippen molar-refractivity contribution in [1.82, 2.24) is 4.90 Å². The van der Waals surface area contributed by atoms with Gasteiger partial charge in [0.25, 0.3) is 5.91 Å². The number of terminal acetylenes is 1. The highest BCUT2D eigenvalue weighted by Gasteiger charge is 2.30. The second-order valence-electron chi connectivity index (χ2n) is 3.11. The zero-order valence-electron chi connectivity index (χ0n) is 7.36. The van der Waals surface area contributed by atoms with Crippen LogP contribution in [0.1, 0.15) is 6.92 Å². The predicted molar refractivity (Wildman–Crippen MR) is 48.7 cm³/mol. The summed E-state index contributed by atoms with van der Waals surface area (Å²) in [5, 5.41) is 0. The van der Waals surface area contributed by atoms with E-state index in [1.165, 1.54) is 4.90 Å². The summed E-state index contributed by atoms with van der Waals surface area (Å²) >= 11 is 0. The maximum Gasteiger partial charge on any atom is 0.298 e. The number of carbonyl (C=O) groups is 1. The maximum absolute atomic E-state index is 11.1. The van der Waals surface area contributed by atoms with Crippen molar-refractivity contribution in [3.05, 3.63) is 0 Å². The van der Waals surface area contributed by atoms with E-state index >= 15 is 0 Å². The zero-order valence-corrected chi connectivity index (χ0v) is 8.17. The van der Waals surface area contributed by atoms with E-state index in [1.807, 2.05) is 5.92 Å². The molecule has 0 bridgehead atoms. The van der Waals surface area contributed by atoms with Crippen LogP contribution in [-0.2, 0) is 14.6 Å². The molecule has 72 valence electrons. The molecule has 0 spiro atoms. The molecule has 1 saturated heterocycles. The molecular weight excluding hydrogens is 190 g/mol. The van der Waals surface area contributed by atoms with E-state index in [4.69, 9.17) is 6.42 Å². The molecule has 13 heavy (non-hydrogen) atoms. The van der Waals surface area contributed by atoms with Crippen molar-refractivity contribution < 1.29 is 13.2 Å². The maximum atomic E-state index is 11.1. The summed E-state index contributed by atoms with van der Waals surface area (Å²) in [6.45, 7) is 1.90. The van der Waals surface area contributed by atoms with Gasteiger partial charge in [0.15, 0.2) is 9.84 Å². The van der Waals surface area contributed by atoms with E-state index in [1.54, 1.807) is 6.92 Å². The molecule has 1 aliphatic rings. The lowest BCUT2D eigenvalue weighted by Crippen LogP contribution is -2.49. The molecule has 5 heteroatoms. The molecule has 1 atom stereocenters. The minimum absolute atomic E-state index is 0.0143. The van der Waals surface area contributed by atoms with Crippen molar-refractivity contribution in [2.24, 2.45) is 0 Å². The Labute approximate surface area is 77.8 Å². The normalized spacial score (nSPS) is 26.5. The lowest BCUT2D eigenvalue weighted by molar-refractivity contribution is -0.126. The summed E-state index contributed by atoms with van der Waals surface area (Å²) in [5.41, 5.74) is 0. The van der Waals surface area contributed by atoms with Gasteiger partial charge in [-0.15, -0.1) is 6.42 Å². The number of sulfone groups is 1. The Hall–Kier alpha value is -1.02. The van der Waals surface area contributed by atoms with Crippen LogP contribution >= 0.6 is 0 Å². The van der Waals surface area contributed by atoms with E-state index in [0.717, 1.165) is 0 Å². The quantitative estimate of drug-likeness (QED) is 0.485. The Morgan fingerprint density at radius 1 is 1.62 bits per heavy atom. The van der Waals surface area contributed by atoms with Crippen LogP contribution < -0.4 is 0 Å². The van der Waals surface area contributed by atoms with Gasteiger partial charge in [-0.2, -0.15) is 0 Å². The Bertz CT molecular complexity index is 352. The van der Waals surface area contributed by atoms with Crippen LogP contribution in [0.3, 0.4) is 0 Å². The molecule has 0 aromatic carbocycles. The number of rotatable bonds is 0. The number of carbonyl (C=O) groups excluding carboxylic acids is 1. The van der Waals surface area contributed by atoms with Crippen LogP contribution in [-0.4, -0.2) is 43.3 Å². The highest BCUT2D eigenvalue weighted by Crippen LogP contribution is 2.10. The van der Waals surface area contributed by atoms with Crippen molar-refractivity contribution in [3.8, 4) is 12.3 Å². The lowest BCUT2D eigenvalue weighted by Gasteiger charge is -2.31. The molecule has 1 aliphatic heterocycles. The van der Waals surface area contributed by atoms with Gasteiger partial charge in [0.1, 0.15) is 0 Å². The fourth-order valence-corrected chi connectivity index (χ4v) is 2.94. The minimum atomic E-state index is -2.97. The zero-order chi connectivity index (χ0) is 10.1. The topological polar surface area (TPSA) is 54.5 Å². The van der Waals surface area contributed by atoms with E-state index in [9.17, 15) is 13.2 Å². The molecule has 1 rings (SSSR count). The molecule has 4 nitrogen and oxygen atoms in total. The molecule has 1 fully saturated rings. The third-order valence-electron chi connectivity index (χ3n) is 2.05. The Morgan fingerprint density at radius 2 is 2.23 bits per heavy atom. The van der Waals surface area contributed by atoms with Crippen LogP contribution in [0.5, 0.6) is 0 Å². The summed E-state index contributed by atoms with van der Waals surface area (Å²) in [5.74, 6) is 1.59. The first-order valence-electron chi connectivity index (χ1n) is 3.94. The van der Waals surface area contributed by atoms with Gasteiger partial charge >= 0.3 is 0 Å². The molecule has 0 saturated carbocycles. The highest BCUT2D eigenvalue weighted by molar-refractivity contribution is 7.91. The van der Waals surface area contributed by atoms with E-state index in [-0.39, 0.29) is 24.1 Å². The second kappa shape index (κ2) is 3.38. The summed E-state index contributed by atoms with van der Waals surface area (Å²) < 4.78 is 22.3. The molecule has 1 amide bonds. The van der Waals surface area contributed by atoms with E-state index < -0.39 is 15.7 Å². The molecular formula is C8H11NO3S. The lowest BCUT2D eigenvalue weighted by atomic mass is 10.3. The smallest absolute Gasteiger partial charge is 0.298 e. The van der Waals surface area contributed by atoms with Crippen LogP contribution in [0.4, 0.5) is 0 Å². The molecule has 0 N–H and O–H groups in total. The fraction of sp³-hybridized carbons (Fsp3) is 0.625. The molecule has 0 aromatic heterocycles. The first kappa shape index (κ1) is 10.1. The van der Waals surface area contributed by atoms with Gasteiger partial charge < -0.3 is 4.90 Å². The van der Waals surface area contributed by atoms with Crippen LogP contribution in [0.2, 0.25) is 0 Å². The highest BCUT2D eigenvalue weighted by atomic mass is 32.2. The van der Waals surface area contributed by atoms with Gasteiger partial charge in [-0.05, 0) is 12.8 Å². The first-order chi connectivity index (χ1) is 5.96. The van der Waals surface area contributed by atoms with Gasteiger partial charge in [-0.3, -0.25) is 4.79 Å². The number of hydrogen-bond donors (Lipinski definition) is 0. The van der Waals surface area contributed by atoms with Gasteiger partial charge in [0, 0.05) is 12.6 Å². The largest absolute Gasteiger partial charge is 0.327 e. The van der Waals surface area contributed by atoms with E-state index in [2.05, 4.69) is 0 Å². The van der Waals surface area contributed by atoms with Gasteiger partial charge in [0.2, 0.25) is 0 Å². The van der Waals surface area contributed by atoms with Crippen molar-refractivity contribution in [2.75, 3.05) is 18.1 Å². The summed E-state index contributed by atoms with van der Waals surface area (Å²) in [6, 6.07) is -0.303. The molecule has 0 aliphatic carbocycles. The predicted octanol–water partition coefficient (Wildman–Crippen LogP) is -0.735. The SMILES string of the molecule is C#CC(=O)N1CCS(=O)(=O)CC1C. The van der Waals surface area contributed by atoms with Gasteiger partial charge in [0.05, 0.1) is 11.5 Å². The van der Waals surface area contributed by atoms with Crippen molar-refractivity contribution in [2.45, 2.75) is 13.0 Å².